The third kappa shape index (κ3) is 1.49. The zero-order chi connectivity index (χ0) is 9.42. The normalized spacial score (nSPS) is 11.0. The molecule has 1 heterocycles. The van der Waals surface area contributed by atoms with Crippen LogP contribution in [0.4, 0.5) is 4.39 Å². The molecule has 0 aliphatic carbocycles. The van der Waals surface area contributed by atoms with Crippen LogP contribution >= 0.6 is 38.9 Å². The van der Waals surface area contributed by atoms with E-state index >= 15 is 0 Å². The van der Waals surface area contributed by atoms with Crippen molar-refractivity contribution >= 4 is 49.0 Å². The molecule has 0 radical (unpaired) electrons. The SMILES string of the molecule is Fc1sc2cccc(CBr)c2c1Cl. The maximum Gasteiger partial charge on any atom is 0.196 e. The van der Waals surface area contributed by atoms with Crippen molar-refractivity contribution in [2.75, 3.05) is 0 Å². The molecule has 68 valence electrons. The summed E-state index contributed by atoms with van der Waals surface area (Å²) in [5, 5.41) is 1.48. The van der Waals surface area contributed by atoms with Crippen molar-refractivity contribution in [1.29, 1.82) is 0 Å². The number of alkyl halides is 1. The summed E-state index contributed by atoms with van der Waals surface area (Å²) in [6.07, 6.45) is 0. The molecule has 0 aliphatic rings. The predicted molar refractivity (Wildman–Crippen MR) is 59.4 cm³/mol. The standard InChI is InChI=1S/C9H5BrClFS/c10-4-5-2-1-3-6-7(5)8(11)9(12)13-6/h1-3H,4H2. The molecule has 0 spiro atoms. The lowest BCUT2D eigenvalue weighted by Crippen LogP contribution is -1.77. The van der Waals surface area contributed by atoms with Gasteiger partial charge in [0.15, 0.2) is 5.13 Å². The van der Waals surface area contributed by atoms with Crippen LogP contribution in [0.1, 0.15) is 5.56 Å². The lowest BCUT2D eigenvalue weighted by atomic mass is 10.1. The summed E-state index contributed by atoms with van der Waals surface area (Å²) in [6, 6.07) is 5.72. The maximum absolute atomic E-state index is 13.1. The Balaban J connectivity index is 2.87. The van der Waals surface area contributed by atoms with Gasteiger partial charge in [-0.2, -0.15) is 4.39 Å². The first-order chi connectivity index (χ1) is 6.24. The lowest BCUT2D eigenvalue weighted by molar-refractivity contribution is 0.658. The van der Waals surface area contributed by atoms with Gasteiger partial charge in [-0.05, 0) is 11.6 Å². The molecule has 1 aromatic heterocycles. The van der Waals surface area contributed by atoms with Gasteiger partial charge in [0.05, 0.1) is 5.02 Å². The fourth-order valence-electron chi connectivity index (χ4n) is 1.26. The Morgan fingerprint density at radius 1 is 1.46 bits per heavy atom. The third-order valence-corrected chi connectivity index (χ3v) is 3.86. The predicted octanol–water partition coefficient (Wildman–Crippen LogP) is 4.59. The van der Waals surface area contributed by atoms with Crippen LogP contribution in [0.25, 0.3) is 10.1 Å². The van der Waals surface area contributed by atoms with E-state index in [4.69, 9.17) is 11.6 Å². The van der Waals surface area contributed by atoms with Crippen LogP contribution in [0.3, 0.4) is 0 Å². The highest BCUT2D eigenvalue weighted by Crippen LogP contribution is 2.36. The molecule has 0 N–H and O–H groups in total. The van der Waals surface area contributed by atoms with Gasteiger partial charge in [0.1, 0.15) is 0 Å². The summed E-state index contributed by atoms with van der Waals surface area (Å²) < 4.78 is 14.0. The lowest BCUT2D eigenvalue weighted by Gasteiger charge is -1.97. The van der Waals surface area contributed by atoms with E-state index < -0.39 is 0 Å². The molecule has 0 atom stereocenters. The highest BCUT2D eigenvalue weighted by atomic mass is 79.9. The Hall–Kier alpha value is -0.120. The molecule has 2 rings (SSSR count). The van der Waals surface area contributed by atoms with E-state index in [1.807, 2.05) is 18.2 Å². The van der Waals surface area contributed by atoms with Crippen LogP contribution in [-0.2, 0) is 5.33 Å². The summed E-state index contributed by atoms with van der Waals surface area (Å²) >= 11 is 10.3. The van der Waals surface area contributed by atoms with Crippen molar-refractivity contribution in [3.05, 3.63) is 33.9 Å². The highest BCUT2D eigenvalue weighted by molar-refractivity contribution is 9.08. The maximum atomic E-state index is 13.1. The Bertz CT molecular complexity index is 452. The topological polar surface area (TPSA) is 0 Å². The second kappa shape index (κ2) is 3.56. The van der Waals surface area contributed by atoms with E-state index in [0.29, 0.717) is 5.33 Å². The first-order valence-electron chi connectivity index (χ1n) is 3.65. The minimum Gasteiger partial charge on any atom is -0.193 e. The molecule has 13 heavy (non-hydrogen) atoms. The van der Waals surface area contributed by atoms with Gasteiger partial charge >= 0.3 is 0 Å². The highest BCUT2D eigenvalue weighted by Gasteiger charge is 2.12. The number of thiophene rings is 1. The number of fused-ring (bicyclic) bond motifs is 1. The van der Waals surface area contributed by atoms with Crippen molar-refractivity contribution < 1.29 is 4.39 Å². The van der Waals surface area contributed by atoms with Gasteiger partial charge in [-0.25, -0.2) is 0 Å². The molecular weight excluding hydrogens is 275 g/mol. The number of hydrogen-bond donors (Lipinski definition) is 0. The summed E-state index contributed by atoms with van der Waals surface area (Å²) in [4.78, 5) is 0. The first kappa shape index (κ1) is 9.44. The third-order valence-electron chi connectivity index (χ3n) is 1.85. The largest absolute Gasteiger partial charge is 0.196 e. The fourth-order valence-corrected chi connectivity index (χ4v) is 2.99. The number of halogens is 3. The molecule has 0 saturated carbocycles. The van der Waals surface area contributed by atoms with Gasteiger partial charge < -0.3 is 0 Å². The van der Waals surface area contributed by atoms with E-state index in [-0.39, 0.29) is 10.2 Å². The Morgan fingerprint density at radius 3 is 2.92 bits per heavy atom. The van der Waals surface area contributed by atoms with Gasteiger partial charge in [0, 0.05) is 15.4 Å². The smallest absolute Gasteiger partial charge is 0.193 e. The van der Waals surface area contributed by atoms with E-state index in [1.165, 1.54) is 0 Å². The average molecular weight is 280 g/mol. The van der Waals surface area contributed by atoms with Crippen molar-refractivity contribution in [1.82, 2.24) is 0 Å². The minimum atomic E-state index is -0.301. The quantitative estimate of drug-likeness (QED) is 0.670. The van der Waals surface area contributed by atoms with Gasteiger partial charge in [0.2, 0.25) is 0 Å². The molecule has 0 nitrogen and oxygen atoms in total. The molecular formula is C9H5BrClFS. The Kier molecular flexibility index (Phi) is 2.58. The number of hydrogen-bond acceptors (Lipinski definition) is 1. The monoisotopic (exact) mass is 278 g/mol. The van der Waals surface area contributed by atoms with Crippen LogP contribution in [-0.4, -0.2) is 0 Å². The van der Waals surface area contributed by atoms with Gasteiger partial charge in [-0.15, -0.1) is 11.3 Å². The second-order valence-corrected chi connectivity index (χ2v) is 4.55. The molecule has 0 aliphatic heterocycles. The molecule has 0 fully saturated rings. The summed E-state index contributed by atoms with van der Waals surface area (Å²) in [6.45, 7) is 0. The van der Waals surface area contributed by atoms with E-state index in [9.17, 15) is 4.39 Å². The molecule has 2 aromatic rings. The van der Waals surface area contributed by atoms with E-state index in [1.54, 1.807) is 0 Å². The van der Waals surface area contributed by atoms with Crippen molar-refractivity contribution in [2.24, 2.45) is 0 Å². The van der Waals surface area contributed by atoms with Gasteiger partial charge in [-0.1, -0.05) is 39.7 Å². The van der Waals surface area contributed by atoms with Gasteiger partial charge in [0.25, 0.3) is 0 Å². The zero-order valence-electron chi connectivity index (χ0n) is 6.48. The van der Waals surface area contributed by atoms with Crippen LogP contribution in [0, 0.1) is 5.13 Å². The minimum absolute atomic E-state index is 0.245. The summed E-state index contributed by atoms with van der Waals surface area (Å²) in [5.74, 6) is 0. The average Bonchev–Trinajstić information content (AvgIpc) is 2.43. The van der Waals surface area contributed by atoms with E-state index in [2.05, 4.69) is 15.9 Å². The van der Waals surface area contributed by atoms with Crippen LogP contribution in [0.5, 0.6) is 0 Å². The van der Waals surface area contributed by atoms with Crippen LogP contribution in [0.2, 0.25) is 5.02 Å². The molecule has 1 aromatic carbocycles. The zero-order valence-corrected chi connectivity index (χ0v) is 9.64. The molecule has 0 amide bonds. The van der Waals surface area contributed by atoms with Crippen LogP contribution < -0.4 is 0 Å². The molecule has 0 saturated heterocycles. The first-order valence-corrected chi connectivity index (χ1v) is 5.97. The number of rotatable bonds is 1. The van der Waals surface area contributed by atoms with Gasteiger partial charge in [-0.3, -0.25) is 0 Å². The number of benzene rings is 1. The Labute approximate surface area is 92.5 Å². The summed E-state index contributed by atoms with van der Waals surface area (Å²) in [7, 11) is 0. The van der Waals surface area contributed by atoms with Crippen molar-refractivity contribution in [3.63, 3.8) is 0 Å². The van der Waals surface area contributed by atoms with Crippen molar-refractivity contribution in [2.45, 2.75) is 5.33 Å². The fraction of sp³-hybridized carbons (Fsp3) is 0.111. The van der Waals surface area contributed by atoms with Crippen LogP contribution in [0.15, 0.2) is 18.2 Å². The van der Waals surface area contributed by atoms with E-state index in [0.717, 1.165) is 27.0 Å². The molecule has 0 bridgehead atoms. The summed E-state index contributed by atoms with van der Waals surface area (Å²) in [5.41, 5.74) is 1.03. The Morgan fingerprint density at radius 2 is 2.23 bits per heavy atom. The molecule has 0 unspecified atom stereocenters. The van der Waals surface area contributed by atoms with Crippen molar-refractivity contribution in [3.8, 4) is 0 Å². The molecule has 4 heteroatoms. The second-order valence-electron chi connectivity index (χ2n) is 2.61.